The maximum atomic E-state index is 13.0. The predicted molar refractivity (Wildman–Crippen MR) is 128 cm³/mol. The van der Waals surface area contributed by atoms with Crippen molar-refractivity contribution in [2.24, 2.45) is 4.99 Å². The number of hydrogen-bond acceptors (Lipinski definition) is 6. The Balaban J connectivity index is 0.00000149. The minimum absolute atomic E-state index is 0.0521. The number of amides is 1. The first-order chi connectivity index (χ1) is 15.8. The summed E-state index contributed by atoms with van der Waals surface area (Å²) in [6, 6.07) is 7.32. The zero-order chi connectivity index (χ0) is 24.3. The summed E-state index contributed by atoms with van der Waals surface area (Å²) in [4.78, 5) is 37.3. The van der Waals surface area contributed by atoms with Crippen molar-refractivity contribution >= 4 is 29.2 Å². The van der Waals surface area contributed by atoms with Gasteiger partial charge in [0.1, 0.15) is 22.8 Å². The van der Waals surface area contributed by atoms with Gasteiger partial charge in [0.05, 0.1) is 5.56 Å². The van der Waals surface area contributed by atoms with Gasteiger partial charge in [-0.15, -0.1) is 12.8 Å². The van der Waals surface area contributed by atoms with Crippen LogP contribution >= 0.6 is 0 Å². The Morgan fingerprint density at radius 1 is 1.24 bits per heavy atom. The van der Waals surface area contributed by atoms with Crippen LogP contribution in [0.1, 0.15) is 49.7 Å². The third kappa shape index (κ3) is 4.01. The zero-order valence-electron chi connectivity index (χ0n) is 18.7. The number of fused-ring (bicyclic) bond motifs is 1. The van der Waals surface area contributed by atoms with Gasteiger partial charge in [0.25, 0.3) is 0 Å². The SMILES string of the molecule is C#C.C/C=C\C1=C(C)N=C1c1nc(N)c2c(n1)NC(=O)[C@@]2(C)c1ccc(CCC(=O)O)cc1. The standard InChI is InChI=1S/C23H23N5O3.C2H2/c1-4-5-15-12(2)25-18(15)21-26-19(24)17-20(27-21)28-22(31)23(17,3)14-9-6-13(7-10-14)8-11-16(29)30;1-2/h4-7,9-10H,8,11H2,1-3H3,(H,29,30)(H3,24,26,27,28,31);1-2H/b5-4-;/t23-;/m0./s1. The number of nitrogens with two attached hydrogens (primary N) is 1. The van der Waals surface area contributed by atoms with Crippen molar-refractivity contribution < 1.29 is 14.7 Å². The smallest absolute Gasteiger partial charge is 0.303 e. The average Bonchev–Trinajstić information content (AvgIpc) is 3.06. The molecule has 0 spiro atoms. The molecule has 168 valence electrons. The molecule has 1 aromatic carbocycles. The summed E-state index contributed by atoms with van der Waals surface area (Å²) in [5.74, 6) is -0.0992. The molecule has 0 unspecified atom stereocenters. The molecule has 2 aliphatic rings. The monoisotopic (exact) mass is 443 g/mol. The highest BCUT2D eigenvalue weighted by Crippen LogP contribution is 2.44. The van der Waals surface area contributed by atoms with Crippen LogP contribution < -0.4 is 11.1 Å². The summed E-state index contributed by atoms with van der Waals surface area (Å²) in [5, 5.41) is 11.7. The fourth-order valence-corrected chi connectivity index (χ4v) is 3.99. The Kier molecular flexibility index (Phi) is 6.45. The lowest BCUT2D eigenvalue weighted by Gasteiger charge is -2.24. The van der Waals surface area contributed by atoms with Crippen molar-refractivity contribution in [1.82, 2.24) is 9.97 Å². The van der Waals surface area contributed by atoms with Crippen LogP contribution in [0.5, 0.6) is 0 Å². The van der Waals surface area contributed by atoms with Crippen molar-refractivity contribution in [3.63, 3.8) is 0 Å². The van der Waals surface area contributed by atoms with Crippen LogP contribution in [-0.2, 0) is 21.4 Å². The first kappa shape index (κ1) is 23.4. The molecule has 4 rings (SSSR count). The molecule has 0 aliphatic carbocycles. The van der Waals surface area contributed by atoms with Crippen LogP contribution in [0.15, 0.2) is 52.7 Å². The van der Waals surface area contributed by atoms with Gasteiger partial charge < -0.3 is 16.2 Å². The van der Waals surface area contributed by atoms with E-state index in [1.807, 2.05) is 50.3 Å². The maximum absolute atomic E-state index is 13.0. The number of aromatic nitrogens is 2. The summed E-state index contributed by atoms with van der Waals surface area (Å²) in [5.41, 5.74) is 9.93. The van der Waals surface area contributed by atoms with E-state index in [-0.39, 0.29) is 18.1 Å². The molecule has 0 radical (unpaired) electrons. The molecule has 2 aliphatic heterocycles. The van der Waals surface area contributed by atoms with Gasteiger partial charge in [0.15, 0.2) is 5.82 Å². The number of anilines is 2. The minimum Gasteiger partial charge on any atom is -0.481 e. The summed E-state index contributed by atoms with van der Waals surface area (Å²) in [7, 11) is 0. The molecule has 4 N–H and O–H groups in total. The van der Waals surface area contributed by atoms with Crippen LogP contribution in [0.25, 0.3) is 0 Å². The number of aryl methyl sites for hydroxylation is 1. The van der Waals surface area contributed by atoms with E-state index >= 15 is 0 Å². The Bertz CT molecular complexity index is 1240. The molecule has 3 heterocycles. The number of allylic oxidation sites excluding steroid dienone is 4. The van der Waals surface area contributed by atoms with Gasteiger partial charge in [0.2, 0.25) is 5.91 Å². The average molecular weight is 444 g/mol. The van der Waals surface area contributed by atoms with Crippen molar-refractivity contribution in [3.8, 4) is 12.8 Å². The quantitative estimate of drug-likeness (QED) is 0.588. The molecule has 0 saturated heterocycles. The Labute approximate surface area is 192 Å². The molecule has 0 fully saturated rings. The van der Waals surface area contributed by atoms with Crippen molar-refractivity contribution in [2.45, 2.75) is 39.0 Å². The van der Waals surface area contributed by atoms with Gasteiger partial charge in [-0.05, 0) is 38.3 Å². The summed E-state index contributed by atoms with van der Waals surface area (Å²) in [6.07, 6.45) is 12.3. The van der Waals surface area contributed by atoms with E-state index in [0.29, 0.717) is 29.3 Å². The third-order valence-electron chi connectivity index (χ3n) is 5.75. The zero-order valence-corrected chi connectivity index (χ0v) is 18.7. The number of carbonyl (C=O) groups is 2. The van der Waals surface area contributed by atoms with E-state index in [4.69, 9.17) is 10.8 Å². The minimum atomic E-state index is -1.05. The molecule has 1 atom stereocenters. The predicted octanol–water partition coefficient (Wildman–Crippen LogP) is 3.24. The van der Waals surface area contributed by atoms with Crippen molar-refractivity contribution in [3.05, 3.63) is 70.2 Å². The lowest BCUT2D eigenvalue weighted by Crippen LogP contribution is -2.33. The van der Waals surface area contributed by atoms with Crippen LogP contribution in [0.2, 0.25) is 0 Å². The molecule has 1 amide bonds. The molecule has 0 bridgehead atoms. The van der Waals surface area contributed by atoms with E-state index < -0.39 is 11.4 Å². The van der Waals surface area contributed by atoms with E-state index in [1.54, 1.807) is 6.92 Å². The highest BCUT2D eigenvalue weighted by atomic mass is 16.4. The third-order valence-corrected chi connectivity index (χ3v) is 5.75. The fourth-order valence-electron chi connectivity index (χ4n) is 3.99. The van der Waals surface area contributed by atoms with Gasteiger partial charge in [0, 0.05) is 17.7 Å². The molecule has 33 heavy (non-hydrogen) atoms. The van der Waals surface area contributed by atoms with Crippen molar-refractivity contribution in [2.75, 3.05) is 11.1 Å². The normalized spacial score (nSPS) is 18.7. The van der Waals surface area contributed by atoms with Crippen molar-refractivity contribution in [1.29, 1.82) is 0 Å². The summed E-state index contributed by atoms with van der Waals surface area (Å²) < 4.78 is 0. The number of nitrogen functional groups attached to an aromatic ring is 1. The van der Waals surface area contributed by atoms with Gasteiger partial charge in [-0.25, -0.2) is 15.0 Å². The van der Waals surface area contributed by atoms with Crippen LogP contribution in [-0.4, -0.2) is 32.7 Å². The second kappa shape index (κ2) is 9.09. The molecule has 8 heteroatoms. The summed E-state index contributed by atoms with van der Waals surface area (Å²) in [6.45, 7) is 5.62. The number of carboxylic acid groups (broad SMARTS) is 1. The number of aliphatic carboxylic acids is 1. The molecule has 0 saturated carbocycles. The topological polar surface area (TPSA) is 131 Å². The Morgan fingerprint density at radius 3 is 2.48 bits per heavy atom. The number of carboxylic acids is 1. The van der Waals surface area contributed by atoms with E-state index in [1.165, 1.54) is 0 Å². The fraction of sp³-hybridized carbons (Fsp3) is 0.240. The highest BCUT2D eigenvalue weighted by Gasteiger charge is 2.47. The van der Waals surface area contributed by atoms with Crippen LogP contribution in [0.3, 0.4) is 0 Å². The summed E-state index contributed by atoms with van der Waals surface area (Å²) >= 11 is 0. The van der Waals surface area contributed by atoms with E-state index in [9.17, 15) is 9.59 Å². The van der Waals surface area contributed by atoms with E-state index in [0.717, 1.165) is 22.4 Å². The number of terminal acetylenes is 1. The first-order valence-electron chi connectivity index (χ1n) is 10.3. The van der Waals surface area contributed by atoms with Gasteiger partial charge in [-0.3, -0.25) is 9.59 Å². The number of rotatable bonds is 6. The molecule has 2 aromatic rings. The molecular formula is C25H25N5O3. The second-order valence-corrected chi connectivity index (χ2v) is 7.79. The highest BCUT2D eigenvalue weighted by molar-refractivity contribution is 6.18. The number of aliphatic imine (C=N–C) groups is 1. The molecule has 8 nitrogen and oxygen atoms in total. The Hall–Kier alpha value is -4.25. The maximum Gasteiger partial charge on any atom is 0.303 e. The number of carbonyl (C=O) groups excluding carboxylic acids is 1. The van der Waals surface area contributed by atoms with Gasteiger partial charge in [-0.1, -0.05) is 36.4 Å². The second-order valence-electron chi connectivity index (χ2n) is 7.79. The van der Waals surface area contributed by atoms with Gasteiger partial charge in [-0.2, -0.15) is 0 Å². The number of benzene rings is 1. The lowest BCUT2D eigenvalue weighted by atomic mass is 9.77. The lowest BCUT2D eigenvalue weighted by molar-refractivity contribution is -0.137. The Morgan fingerprint density at radius 2 is 1.91 bits per heavy atom. The first-order valence-corrected chi connectivity index (χ1v) is 10.3. The largest absolute Gasteiger partial charge is 0.481 e. The van der Waals surface area contributed by atoms with Crippen LogP contribution in [0, 0.1) is 12.8 Å². The number of nitrogens with zero attached hydrogens (tertiary/aromatic N) is 3. The number of nitrogens with one attached hydrogen (secondary N) is 1. The molecular weight excluding hydrogens is 418 g/mol. The molecule has 1 aromatic heterocycles. The van der Waals surface area contributed by atoms with E-state index in [2.05, 4.69) is 33.1 Å². The van der Waals surface area contributed by atoms with Crippen LogP contribution in [0.4, 0.5) is 11.6 Å². The van der Waals surface area contributed by atoms with Gasteiger partial charge >= 0.3 is 5.97 Å². The number of hydrogen-bond donors (Lipinski definition) is 3.